The third-order valence-electron chi connectivity index (χ3n) is 5.02. The molecule has 6 heteroatoms. The van der Waals surface area contributed by atoms with Gasteiger partial charge in [-0.2, -0.15) is 5.26 Å². The van der Waals surface area contributed by atoms with E-state index in [1.807, 2.05) is 0 Å². The second-order valence-corrected chi connectivity index (χ2v) is 6.39. The first-order valence-electron chi connectivity index (χ1n) is 8.36. The molecule has 0 amide bonds. The monoisotopic (exact) mass is 314 g/mol. The summed E-state index contributed by atoms with van der Waals surface area (Å²) in [6, 6.07) is 7.35. The van der Waals surface area contributed by atoms with Crippen molar-refractivity contribution in [3.8, 4) is 6.07 Å². The third-order valence-corrected chi connectivity index (χ3v) is 5.02. The Morgan fingerprint density at radius 2 is 1.83 bits per heavy atom. The van der Waals surface area contributed by atoms with Crippen LogP contribution in [0.3, 0.4) is 0 Å². The van der Waals surface area contributed by atoms with Crippen LogP contribution in [0.4, 0.5) is 11.4 Å². The van der Waals surface area contributed by atoms with Crippen LogP contribution in [0.25, 0.3) is 0 Å². The van der Waals surface area contributed by atoms with E-state index in [1.165, 1.54) is 44.5 Å². The van der Waals surface area contributed by atoms with Gasteiger partial charge in [0.25, 0.3) is 5.69 Å². The lowest BCUT2D eigenvalue weighted by Gasteiger charge is -2.41. The molecule has 2 heterocycles. The molecule has 0 spiro atoms. The summed E-state index contributed by atoms with van der Waals surface area (Å²) in [7, 11) is 0. The zero-order chi connectivity index (χ0) is 16.2. The van der Waals surface area contributed by atoms with Crippen LogP contribution in [0.1, 0.15) is 37.7 Å². The van der Waals surface area contributed by atoms with Gasteiger partial charge in [0.2, 0.25) is 0 Å². The molecule has 23 heavy (non-hydrogen) atoms. The first-order valence-corrected chi connectivity index (χ1v) is 8.36. The standard InChI is InChI=1S/C17H22N4O2/c18-13-14-12-16(21(22)23)4-5-17(14)20-10-6-15(7-11-20)19-8-2-1-3-9-19/h4-5,12,15H,1-3,6-11H2. The predicted molar refractivity (Wildman–Crippen MR) is 88.5 cm³/mol. The summed E-state index contributed by atoms with van der Waals surface area (Å²) in [6.45, 7) is 4.25. The van der Waals surface area contributed by atoms with Gasteiger partial charge in [-0.15, -0.1) is 0 Å². The van der Waals surface area contributed by atoms with Crippen molar-refractivity contribution >= 4 is 11.4 Å². The molecule has 2 saturated heterocycles. The van der Waals surface area contributed by atoms with Gasteiger partial charge in [0.05, 0.1) is 16.2 Å². The maximum absolute atomic E-state index is 10.9. The van der Waals surface area contributed by atoms with E-state index in [0.29, 0.717) is 11.6 Å². The average molecular weight is 314 g/mol. The number of nitriles is 1. The predicted octanol–water partition coefficient (Wildman–Crippen LogP) is 2.92. The summed E-state index contributed by atoms with van der Waals surface area (Å²) in [5, 5.41) is 20.2. The molecule has 0 atom stereocenters. The topological polar surface area (TPSA) is 73.4 Å². The molecule has 2 aliphatic rings. The Balaban J connectivity index is 1.67. The number of non-ortho nitro benzene ring substituents is 1. The first-order chi connectivity index (χ1) is 11.2. The van der Waals surface area contributed by atoms with E-state index < -0.39 is 4.92 Å². The number of likely N-dealkylation sites (tertiary alicyclic amines) is 1. The highest BCUT2D eigenvalue weighted by Crippen LogP contribution is 2.29. The molecule has 1 aromatic rings. The molecule has 0 bridgehead atoms. The molecule has 1 aromatic carbocycles. The molecular weight excluding hydrogens is 292 g/mol. The van der Waals surface area contributed by atoms with Crippen molar-refractivity contribution in [1.29, 1.82) is 5.26 Å². The lowest BCUT2D eigenvalue weighted by atomic mass is 9.99. The van der Waals surface area contributed by atoms with Crippen LogP contribution in [0, 0.1) is 21.4 Å². The van der Waals surface area contributed by atoms with Crippen molar-refractivity contribution in [1.82, 2.24) is 4.90 Å². The number of anilines is 1. The highest BCUT2D eigenvalue weighted by Gasteiger charge is 2.26. The normalized spacial score (nSPS) is 20.2. The number of nitro groups is 1. The molecule has 6 nitrogen and oxygen atoms in total. The zero-order valence-corrected chi connectivity index (χ0v) is 13.3. The second kappa shape index (κ2) is 6.97. The van der Waals surface area contributed by atoms with Gasteiger partial charge in [0, 0.05) is 31.3 Å². The Bertz CT molecular complexity index is 612. The van der Waals surface area contributed by atoms with Crippen molar-refractivity contribution in [2.24, 2.45) is 0 Å². The van der Waals surface area contributed by atoms with Crippen LogP contribution in [-0.4, -0.2) is 42.0 Å². The summed E-state index contributed by atoms with van der Waals surface area (Å²) in [5.41, 5.74) is 1.21. The average Bonchev–Trinajstić information content (AvgIpc) is 2.62. The van der Waals surface area contributed by atoms with Gasteiger partial charge >= 0.3 is 0 Å². The van der Waals surface area contributed by atoms with Crippen LogP contribution in [0.2, 0.25) is 0 Å². The molecule has 0 unspecified atom stereocenters. The summed E-state index contributed by atoms with van der Waals surface area (Å²) in [4.78, 5) is 15.2. The Labute approximate surface area is 136 Å². The van der Waals surface area contributed by atoms with Crippen LogP contribution in [-0.2, 0) is 0 Å². The van der Waals surface area contributed by atoms with Crippen molar-refractivity contribution in [2.75, 3.05) is 31.1 Å². The number of hydrogen-bond donors (Lipinski definition) is 0. The molecule has 2 aliphatic heterocycles. The van der Waals surface area contributed by atoms with E-state index in [2.05, 4.69) is 15.9 Å². The molecule has 0 radical (unpaired) electrons. The largest absolute Gasteiger partial charge is 0.370 e. The number of piperidine rings is 2. The van der Waals surface area contributed by atoms with E-state index in [4.69, 9.17) is 0 Å². The second-order valence-electron chi connectivity index (χ2n) is 6.39. The van der Waals surface area contributed by atoms with E-state index in [9.17, 15) is 15.4 Å². The van der Waals surface area contributed by atoms with Gasteiger partial charge < -0.3 is 9.80 Å². The van der Waals surface area contributed by atoms with Gasteiger partial charge in [-0.05, 0) is 44.8 Å². The van der Waals surface area contributed by atoms with Crippen LogP contribution >= 0.6 is 0 Å². The van der Waals surface area contributed by atoms with E-state index in [1.54, 1.807) is 6.07 Å². The minimum Gasteiger partial charge on any atom is -0.370 e. The molecule has 0 aromatic heterocycles. The summed E-state index contributed by atoms with van der Waals surface area (Å²) in [5.74, 6) is 0. The number of hydrogen-bond acceptors (Lipinski definition) is 5. The first kappa shape index (κ1) is 15.8. The van der Waals surface area contributed by atoms with E-state index >= 15 is 0 Å². The van der Waals surface area contributed by atoms with Gasteiger partial charge in [0.1, 0.15) is 6.07 Å². The summed E-state index contributed by atoms with van der Waals surface area (Å²) < 4.78 is 0. The van der Waals surface area contributed by atoms with Crippen LogP contribution in [0.5, 0.6) is 0 Å². The molecule has 3 rings (SSSR count). The van der Waals surface area contributed by atoms with Crippen molar-refractivity contribution < 1.29 is 4.92 Å². The van der Waals surface area contributed by atoms with Gasteiger partial charge in [-0.25, -0.2) is 0 Å². The molecule has 2 fully saturated rings. The van der Waals surface area contributed by atoms with Crippen LogP contribution in [0.15, 0.2) is 18.2 Å². The van der Waals surface area contributed by atoms with Crippen molar-refractivity contribution in [3.05, 3.63) is 33.9 Å². The maximum Gasteiger partial charge on any atom is 0.270 e. The Hall–Kier alpha value is -2.13. The number of rotatable bonds is 3. The number of nitrogens with zero attached hydrogens (tertiary/aromatic N) is 4. The highest BCUT2D eigenvalue weighted by molar-refractivity contribution is 5.63. The maximum atomic E-state index is 10.9. The third kappa shape index (κ3) is 3.45. The lowest BCUT2D eigenvalue weighted by molar-refractivity contribution is -0.384. The quantitative estimate of drug-likeness (QED) is 0.633. The number of nitro benzene ring substituents is 1. The fraction of sp³-hybridized carbons (Fsp3) is 0.588. The molecular formula is C17H22N4O2. The van der Waals surface area contributed by atoms with Crippen molar-refractivity contribution in [2.45, 2.75) is 38.1 Å². The highest BCUT2D eigenvalue weighted by atomic mass is 16.6. The summed E-state index contributed by atoms with van der Waals surface area (Å²) in [6.07, 6.45) is 6.16. The smallest absolute Gasteiger partial charge is 0.270 e. The Morgan fingerprint density at radius 1 is 1.13 bits per heavy atom. The number of benzene rings is 1. The van der Waals surface area contributed by atoms with Crippen LogP contribution < -0.4 is 4.90 Å². The SMILES string of the molecule is N#Cc1cc([N+](=O)[O-])ccc1N1CCC(N2CCCCC2)CC1. The van der Waals surface area contributed by atoms with E-state index in [0.717, 1.165) is 31.6 Å². The fourth-order valence-corrected chi connectivity index (χ4v) is 3.76. The minimum atomic E-state index is -0.451. The summed E-state index contributed by atoms with van der Waals surface area (Å²) >= 11 is 0. The molecule has 0 aliphatic carbocycles. The molecule has 0 N–H and O–H groups in total. The van der Waals surface area contributed by atoms with E-state index in [-0.39, 0.29) is 5.69 Å². The Kier molecular flexibility index (Phi) is 4.77. The lowest BCUT2D eigenvalue weighted by Crippen LogP contribution is -2.46. The molecule has 0 saturated carbocycles. The molecule has 122 valence electrons. The Morgan fingerprint density at radius 3 is 2.43 bits per heavy atom. The van der Waals surface area contributed by atoms with Crippen molar-refractivity contribution in [3.63, 3.8) is 0 Å². The fourth-order valence-electron chi connectivity index (χ4n) is 3.76. The minimum absolute atomic E-state index is 0.0199. The van der Waals surface area contributed by atoms with Gasteiger partial charge in [-0.3, -0.25) is 10.1 Å². The van der Waals surface area contributed by atoms with Gasteiger partial charge in [-0.1, -0.05) is 6.42 Å². The van der Waals surface area contributed by atoms with Gasteiger partial charge in [0.15, 0.2) is 0 Å². The zero-order valence-electron chi connectivity index (χ0n) is 13.3.